The largest absolute Gasteiger partial charge is 0.464 e. The van der Waals surface area contributed by atoms with E-state index in [0.29, 0.717) is 0 Å². The third kappa shape index (κ3) is 6.39. The van der Waals surface area contributed by atoms with Gasteiger partial charge in [-0.3, -0.25) is 4.79 Å². The molecule has 0 saturated heterocycles. The van der Waals surface area contributed by atoms with E-state index < -0.39 is 33.6 Å². The van der Waals surface area contributed by atoms with Crippen molar-refractivity contribution >= 4 is 21.7 Å². The van der Waals surface area contributed by atoms with Gasteiger partial charge >= 0.3 is 5.97 Å². The number of carbonyl (C=O) groups is 2. The van der Waals surface area contributed by atoms with Crippen molar-refractivity contribution in [2.45, 2.75) is 31.2 Å². The van der Waals surface area contributed by atoms with Crippen LogP contribution in [-0.4, -0.2) is 38.7 Å². The lowest BCUT2D eigenvalue weighted by Gasteiger charge is -2.21. The Morgan fingerprint density at radius 2 is 1.66 bits per heavy atom. The first-order chi connectivity index (χ1) is 13.7. The fraction of sp³-hybridized carbons (Fsp3) is 0.333. The molecule has 0 aromatic heterocycles. The lowest BCUT2D eigenvalue weighted by Crippen LogP contribution is -2.45. The van der Waals surface area contributed by atoms with Crippen LogP contribution in [0.5, 0.6) is 0 Å². The Balaban J connectivity index is 1.90. The minimum absolute atomic E-state index is 0.107. The van der Waals surface area contributed by atoms with Crippen molar-refractivity contribution in [3.05, 3.63) is 66.0 Å². The molecule has 1 N–H and O–H groups in total. The number of rotatable bonds is 9. The van der Waals surface area contributed by atoms with Gasteiger partial charge < -0.3 is 10.1 Å². The molecule has 2 rings (SSSR count). The minimum atomic E-state index is -3.46. The van der Waals surface area contributed by atoms with Crippen molar-refractivity contribution in [3.63, 3.8) is 0 Å². The first-order valence-corrected chi connectivity index (χ1v) is 10.9. The SMILES string of the molecule is CC(C)[C@H](NC(=O)c1ccccc1F)C(=O)OCCCS(=O)(=O)c1ccccc1. The maximum atomic E-state index is 13.8. The van der Waals surface area contributed by atoms with E-state index in [2.05, 4.69) is 5.32 Å². The van der Waals surface area contributed by atoms with E-state index in [0.717, 1.165) is 6.07 Å². The highest BCUT2D eigenvalue weighted by Gasteiger charge is 2.27. The van der Waals surface area contributed by atoms with Crippen LogP contribution in [0, 0.1) is 11.7 Å². The van der Waals surface area contributed by atoms with E-state index >= 15 is 0 Å². The summed E-state index contributed by atoms with van der Waals surface area (Å²) in [5.41, 5.74) is -0.167. The lowest BCUT2D eigenvalue weighted by atomic mass is 10.0. The summed E-state index contributed by atoms with van der Waals surface area (Å²) in [7, 11) is -3.46. The Morgan fingerprint density at radius 1 is 1.03 bits per heavy atom. The Labute approximate surface area is 170 Å². The average molecular weight is 421 g/mol. The number of ether oxygens (including phenoxy) is 1. The van der Waals surface area contributed by atoms with Crippen LogP contribution in [0.15, 0.2) is 59.5 Å². The maximum absolute atomic E-state index is 13.8. The number of carbonyl (C=O) groups excluding carboxylic acids is 2. The highest BCUT2D eigenvalue weighted by atomic mass is 32.2. The van der Waals surface area contributed by atoms with Gasteiger partial charge in [0, 0.05) is 0 Å². The summed E-state index contributed by atoms with van der Waals surface area (Å²) in [5, 5.41) is 2.48. The number of esters is 1. The van der Waals surface area contributed by atoms with E-state index in [1.54, 1.807) is 32.0 Å². The Kier molecular flexibility index (Phi) is 7.90. The number of sulfone groups is 1. The molecule has 2 aromatic rings. The van der Waals surface area contributed by atoms with E-state index in [-0.39, 0.29) is 35.2 Å². The first kappa shape index (κ1) is 22.5. The molecular weight excluding hydrogens is 397 g/mol. The molecule has 2 aromatic carbocycles. The Bertz CT molecular complexity index is 945. The van der Waals surface area contributed by atoms with Crippen molar-refractivity contribution < 1.29 is 27.1 Å². The van der Waals surface area contributed by atoms with Crippen LogP contribution in [0.2, 0.25) is 0 Å². The van der Waals surface area contributed by atoms with E-state index in [9.17, 15) is 22.4 Å². The normalized spacial score (nSPS) is 12.4. The summed E-state index contributed by atoms with van der Waals surface area (Å²) in [4.78, 5) is 24.8. The molecule has 29 heavy (non-hydrogen) atoms. The van der Waals surface area contributed by atoms with Gasteiger partial charge in [-0.05, 0) is 36.6 Å². The molecule has 0 bridgehead atoms. The fourth-order valence-corrected chi connectivity index (χ4v) is 3.92. The van der Waals surface area contributed by atoms with Crippen LogP contribution in [0.25, 0.3) is 0 Å². The molecule has 0 aliphatic heterocycles. The van der Waals surface area contributed by atoms with Crippen molar-refractivity contribution in [2.75, 3.05) is 12.4 Å². The zero-order valence-electron chi connectivity index (χ0n) is 16.3. The molecule has 8 heteroatoms. The van der Waals surface area contributed by atoms with Crippen LogP contribution in [0.4, 0.5) is 4.39 Å². The predicted octanol–water partition coefficient (Wildman–Crippen LogP) is 2.99. The number of benzene rings is 2. The van der Waals surface area contributed by atoms with Gasteiger partial charge in [0.2, 0.25) is 0 Å². The predicted molar refractivity (Wildman–Crippen MR) is 107 cm³/mol. The Morgan fingerprint density at radius 3 is 2.28 bits per heavy atom. The van der Waals surface area contributed by atoms with Gasteiger partial charge in [-0.1, -0.05) is 44.2 Å². The summed E-state index contributed by atoms with van der Waals surface area (Å²) < 4.78 is 43.4. The molecular formula is C21H24FNO5S. The molecule has 1 amide bonds. The summed E-state index contributed by atoms with van der Waals surface area (Å²) in [6.45, 7) is 3.32. The van der Waals surface area contributed by atoms with Crippen LogP contribution < -0.4 is 5.32 Å². The topological polar surface area (TPSA) is 89.5 Å². The maximum Gasteiger partial charge on any atom is 0.328 e. The molecule has 0 spiro atoms. The smallest absolute Gasteiger partial charge is 0.328 e. The van der Waals surface area contributed by atoms with Crippen molar-refractivity contribution in [1.29, 1.82) is 0 Å². The molecule has 0 saturated carbocycles. The van der Waals surface area contributed by atoms with Gasteiger partial charge in [0.25, 0.3) is 5.91 Å². The summed E-state index contributed by atoms with van der Waals surface area (Å²) >= 11 is 0. The summed E-state index contributed by atoms with van der Waals surface area (Å²) in [5.74, 6) is -2.57. The molecule has 0 unspecified atom stereocenters. The average Bonchev–Trinajstić information content (AvgIpc) is 2.70. The highest BCUT2D eigenvalue weighted by Crippen LogP contribution is 2.12. The number of halogens is 1. The number of nitrogens with one attached hydrogen (secondary N) is 1. The van der Waals surface area contributed by atoms with Crippen molar-refractivity contribution in [3.8, 4) is 0 Å². The molecule has 0 radical (unpaired) electrons. The zero-order valence-corrected chi connectivity index (χ0v) is 17.1. The molecule has 0 aliphatic carbocycles. The monoisotopic (exact) mass is 421 g/mol. The molecule has 1 atom stereocenters. The molecule has 156 valence electrons. The number of amides is 1. The van der Waals surface area contributed by atoms with Crippen LogP contribution in [-0.2, 0) is 19.4 Å². The van der Waals surface area contributed by atoms with Gasteiger partial charge in [0.15, 0.2) is 9.84 Å². The van der Waals surface area contributed by atoms with Crippen molar-refractivity contribution in [1.82, 2.24) is 5.32 Å². The van der Waals surface area contributed by atoms with Crippen LogP contribution in [0.3, 0.4) is 0 Å². The summed E-state index contributed by atoms with van der Waals surface area (Å²) in [6.07, 6.45) is 0.120. The van der Waals surface area contributed by atoms with Gasteiger partial charge in [0.1, 0.15) is 11.9 Å². The Hall–Kier alpha value is -2.74. The fourth-order valence-electron chi connectivity index (χ4n) is 2.62. The minimum Gasteiger partial charge on any atom is -0.464 e. The second kappa shape index (κ2) is 10.2. The van der Waals surface area contributed by atoms with Crippen molar-refractivity contribution in [2.24, 2.45) is 5.92 Å². The summed E-state index contributed by atoms with van der Waals surface area (Å²) in [6, 6.07) is 12.5. The van der Waals surface area contributed by atoms with Gasteiger partial charge in [-0.15, -0.1) is 0 Å². The van der Waals surface area contributed by atoms with Crippen LogP contribution in [0.1, 0.15) is 30.6 Å². The second-order valence-corrected chi connectivity index (χ2v) is 8.94. The first-order valence-electron chi connectivity index (χ1n) is 9.22. The number of hydrogen-bond acceptors (Lipinski definition) is 5. The molecule has 0 heterocycles. The van der Waals surface area contributed by atoms with E-state index in [1.165, 1.54) is 30.3 Å². The standard InChI is InChI=1S/C21H24FNO5S/c1-15(2)19(23-20(24)17-11-6-7-12-18(17)22)21(25)28-13-8-14-29(26,27)16-9-4-3-5-10-16/h3-7,9-12,15,19H,8,13-14H2,1-2H3,(H,23,24)/t19-/m0/s1. The quantitative estimate of drug-likeness (QED) is 0.497. The third-order valence-corrected chi connectivity index (χ3v) is 6.05. The van der Waals surface area contributed by atoms with Gasteiger partial charge in [-0.2, -0.15) is 0 Å². The van der Waals surface area contributed by atoms with Gasteiger partial charge in [-0.25, -0.2) is 17.6 Å². The van der Waals surface area contributed by atoms with E-state index in [4.69, 9.17) is 4.74 Å². The second-order valence-electron chi connectivity index (χ2n) is 6.83. The number of hydrogen-bond donors (Lipinski definition) is 1. The molecule has 0 aliphatic rings. The third-order valence-electron chi connectivity index (χ3n) is 4.23. The molecule has 0 fully saturated rings. The van der Waals surface area contributed by atoms with Crippen LogP contribution >= 0.6 is 0 Å². The zero-order chi connectivity index (χ0) is 21.4. The molecule has 6 nitrogen and oxygen atoms in total. The highest BCUT2D eigenvalue weighted by molar-refractivity contribution is 7.91. The lowest BCUT2D eigenvalue weighted by molar-refractivity contribution is -0.147. The van der Waals surface area contributed by atoms with Gasteiger partial charge in [0.05, 0.1) is 22.8 Å². The van der Waals surface area contributed by atoms with E-state index in [1.807, 2.05) is 0 Å².